The molecule has 2 aromatic carbocycles. The molecule has 1 atom stereocenters. The van der Waals surface area contributed by atoms with Gasteiger partial charge in [-0.3, -0.25) is 9.69 Å². The van der Waals surface area contributed by atoms with Crippen molar-refractivity contribution in [3.8, 4) is 5.75 Å². The van der Waals surface area contributed by atoms with Gasteiger partial charge in [0.15, 0.2) is 11.6 Å². The van der Waals surface area contributed by atoms with Crippen molar-refractivity contribution in [2.24, 2.45) is 0 Å². The molecule has 0 bridgehead atoms. The molecule has 158 valence electrons. The Bertz CT molecular complexity index is 1100. The molecule has 1 amide bonds. The molecule has 0 saturated heterocycles. The summed E-state index contributed by atoms with van der Waals surface area (Å²) in [5.74, 6) is 0.477. The van der Waals surface area contributed by atoms with E-state index in [-0.39, 0.29) is 24.2 Å². The Balaban J connectivity index is 1.67. The van der Waals surface area contributed by atoms with Crippen LogP contribution in [0, 0.1) is 0 Å². The second-order valence-electron chi connectivity index (χ2n) is 7.23. The molecule has 2 N–H and O–H groups in total. The first-order chi connectivity index (χ1) is 15.1. The third kappa shape index (κ3) is 4.35. The summed E-state index contributed by atoms with van der Waals surface area (Å²) in [6.45, 7) is 2.51. The summed E-state index contributed by atoms with van der Waals surface area (Å²) in [6.07, 6.45) is -0.0461. The van der Waals surface area contributed by atoms with Crippen molar-refractivity contribution in [1.29, 1.82) is 0 Å². The number of anilines is 2. The Morgan fingerprint density at radius 3 is 2.71 bits per heavy atom. The van der Waals surface area contributed by atoms with Gasteiger partial charge in [0.2, 0.25) is 6.10 Å². The Morgan fingerprint density at radius 1 is 1.13 bits per heavy atom. The second-order valence-corrected chi connectivity index (χ2v) is 7.23. The van der Waals surface area contributed by atoms with Gasteiger partial charge in [0, 0.05) is 5.56 Å². The van der Waals surface area contributed by atoms with Crippen LogP contribution in [0.2, 0.25) is 0 Å². The van der Waals surface area contributed by atoms with Crippen LogP contribution < -0.4 is 15.4 Å². The van der Waals surface area contributed by atoms with Gasteiger partial charge in [0.1, 0.15) is 5.82 Å². The van der Waals surface area contributed by atoms with Crippen molar-refractivity contribution in [2.75, 3.05) is 17.2 Å². The van der Waals surface area contributed by atoms with Crippen LogP contribution in [-0.2, 0) is 16.1 Å². The lowest BCUT2D eigenvalue weighted by Crippen LogP contribution is -2.41. The highest BCUT2D eigenvalue weighted by Gasteiger charge is 2.36. The maximum absolute atomic E-state index is 13.4. The monoisotopic (exact) mass is 417 g/mol. The van der Waals surface area contributed by atoms with Crippen LogP contribution in [0.25, 0.3) is 0 Å². The van der Waals surface area contributed by atoms with E-state index >= 15 is 0 Å². The van der Waals surface area contributed by atoms with Gasteiger partial charge in [-0.05, 0) is 36.2 Å². The summed E-state index contributed by atoms with van der Waals surface area (Å²) in [7, 11) is 0. The van der Waals surface area contributed by atoms with E-state index in [0.717, 1.165) is 17.5 Å². The van der Waals surface area contributed by atoms with Gasteiger partial charge in [-0.2, -0.15) is 0 Å². The zero-order chi connectivity index (χ0) is 21.8. The Hall–Kier alpha value is -3.87. The standard InChI is InChI=1S/C24H23N3O4/c1-2-13-30-24(29)18-10-6-7-16(14-18)15-27-22-19(11-12-20(25)26-22)31-21(23(27)28)17-8-4-3-5-9-17/h3-12,14,21H,2,13,15H2,1H3,(H2,25,26). The molecule has 0 fully saturated rings. The minimum atomic E-state index is -0.795. The molecule has 1 aliphatic heterocycles. The lowest BCUT2D eigenvalue weighted by molar-refractivity contribution is -0.126. The predicted octanol–water partition coefficient (Wildman–Crippen LogP) is 3.90. The van der Waals surface area contributed by atoms with E-state index in [1.54, 1.807) is 35.2 Å². The highest BCUT2D eigenvalue weighted by Crippen LogP contribution is 2.38. The summed E-state index contributed by atoms with van der Waals surface area (Å²) in [6, 6.07) is 19.7. The van der Waals surface area contributed by atoms with E-state index in [1.807, 2.05) is 43.3 Å². The molecule has 0 radical (unpaired) electrons. The zero-order valence-corrected chi connectivity index (χ0v) is 17.2. The van der Waals surface area contributed by atoms with E-state index in [4.69, 9.17) is 15.2 Å². The molecule has 2 heterocycles. The first kappa shape index (κ1) is 20.4. The van der Waals surface area contributed by atoms with Gasteiger partial charge in [-0.1, -0.05) is 49.4 Å². The van der Waals surface area contributed by atoms with Crippen molar-refractivity contribution >= 4 is 23.5 Å². The molecular weight excluding hydrogens is 394 g/mol. The molecule has 0 saturated carbocycles. The number of nitrogens with zero attached hydrogens (tertiary/aromatic N) is 2. The molecule has 1 unspecified atom stereocenters. The van der Waals surface area contributed by atoms with Crippen LogP contribution in [0.5, 0.6) is 5.75 Å². The molecule has 0 spiro atoms. The first-order valence-corrected chi connectivity index (χ1v) is 10.1. The third-order valence-corrected chi connectivity index (χ3v) is 4.89. The molecule has 0 aliphatic carbocycles. The van der Waals surface area contributed by atoms with Gasteiger partial charge >= 0.3 is 5.97 Å². The third-order valence-electron chi connectivity index (χ3n) is 4.89. The Kier molecular flexibility index (Phi) is 5.84. The smallest absolute Gasteiger partial charge is 0.338 e. The Morgan fingerprint density at radius 2 is 1.94 bits per heavy atom. The topological polar surface area (TPSA) is 94.8 Å². The number of amides is 1. The summed E-state index contributed by atoms with van der Waals surface area (Å²) in [5.41, 5.74) is 7.82. The molecule has 7 heteroatoms. The van der Waals surface area contributed by atoms with Crippen molar-refractivity contribution in [1.82, 2.24) is 4.98 Å². The van der Waals surface area contributed by atoms with E-state index in [9.17, 15) is 9.59 Å². The first-order valence-electron chi connectivity index (χ1n) is 10.1. The maximum atomic E-state index is 13.4. The number of benzene rings is 2. The maximum Gasteiger partial charge on any atom is 0.338 e. The minimum Gasteiger partial charge on any atom is -0.472 e. The second kappa shape index (κ2) is 8.87. The summed E-state index contributed by atoms with van der Waals surface area (Å²) < 4.78 is 11.2. The normalized spacial score (nSPS) is 15.2. The van der Waals surface area contributed by atoms with Crippen LogP contribution in [0.15, 0.2) is 66.7 Å². The van der Waals surface area contributed by atoms with Crippen molar-refractivity contribution in [3.63, 3.8) is 0 Å². The number of pyridine rings is 1. The van der Waals surface area contributed by atoms with Crippen LogP contribution >= 0.6 is 0 Å². The average molecular weight is 417 g/mol. The molecule has 3 aromatic rings. The average Bonchev–Trinajstić information content (AvgIpc) is 2.80. The Labute approximate surface area is 180 Å². The number of rotatable bonds is 6. The number of carbonyl (C=O) groups is 2. The van der Waals surface area contributed by atoms with Crippen LogP contribution in [0.1, 0.15) is 40.9 Å². The van der Waals surface area contributed by atoms with Gasteiger partial charge in [-0.15, -0.1) is 0 Å². The van der Waals surface area contributed by atoms with Crippen molar-refractivity contribution < 1.29 is 19.1 Å². The number of esters is 1. The van der Waals surface area contributed by atoms with Crippen LogP contribution in [0.3, 0.4) is 0 Å². The highest BCUT2D eigenvalue weighted by molar-refractivity contribution is 5.99. The van der Waals surface area contributed by atoms with Crippen LogP contribution in [-0.4, -0.2) is 23.5 Å². The number of carbonyl (C=O) groups excluding carboxylic acids is 2. The number of hydrogen-bond acceptors (Lipinski definition) is 6. The largest absolute Gasteiger partial charge is 0.472 e. The quantitative estimate of drug-likeness (QED) is 0.612. The SMILES string of the molecule is CCCOC(=O)c1cccc(CN2C(=O)C(c3ccccc3)Oc3ccc(N)nc32)c1. The summed E-state index contributed by atoms with van der Waals surface area (Å²) >= 11 is 0. The fraction of sp³-hybridized carbons (Fsp3) is 0.208. The van der Waals surface area contributed by atoms with Crippen molar-refractivity contribution in [2.45, 2.75) is 26.0 Å². The molecule has 7 nitrogen and oxygen atoms in total. The fourth-order valence-corrected chi connectivity index (χ4v) is 3.41. The van der Waals surface area contributed by atoms with Gasteiger partial charge in [-0.25, -0.2) is 9.78 Å². The van der Waals surface area contributed by atoms with E-state index in [1.165, 1.54) is 0 Å². The molecule has 1 aliphatic rings. The van der Waals surface area contributed by atoms with Crippen molar-refractivity contribution in [3.05, 3.63) is 83.4 Å². The van der Waals surface area contributed by atoms with Gasteiger partial charge in [0.05, 0.1) is 18.7 Å². The lowest BCUT2D eigenvalue weighted by atomic mass is 10.1. The molecule has 4 rings (SSSR count). The summed E-state index contributed by atoms with van der Waals surface area (Å²) in [5, 5.41) is 0. The number of hydrogen-bond donors (Lipinski definition) is 1. The number of ether oxygens (including phenoxy) is 2. The summed E-state index contributed by atoms with van der Waals surface area (Å²) in [4.78, 5) is 31.5. The van der Waals surface area contributed by atoms with Gasteiger partial charge in [0.25, 0.3) is 5.91 Å². The number of nitrogen functional groups attached to an aromatic ring is 1. The molecule has 31 heavy (non-hydrogen) atoms. The lowest BCUT2D eigenvalue weighted by Gasteiger charge is -2.33. The van der Waals surface area contributed by atoms with E-state index in [2.05, 4.69) is 4.98 Å². The highest BCUT2D eigenvalue weighted by atomic mass is 16.5. The molecule has 1 aromatic heterocycles. The van der Waals surface area contributed by atoms with Crippen LogP contribution in [0.4, 0.5) is 11.6 Å². The zero-order valence-electron chi connectivity index (χ0n) is 17.2. The predicted molar refractivity (Wildman–Crippen MR) is 117 cm³/mol. The van der Waals surface area contributed by atoms with E-state index in [0.29, 0.717) is 23.7 Å². The fourth-order valence-electron chi connectivity index (χ4n) is 3.41. The minimum absolute atomic E-state index is 0.212. The van der Waals surface area contributed by atoms with E-state index < -0.39 is 6.10 Å². The number of nitrogens with two attached hydrogens (primary N) is 1. The number of aromatic nitrogens is 1. The molecular formula is C24H23N3O4. The van der Waals surface area contributed by atoms with Gasteiger partial charge < -0.3 is 15.2 Å². The number of fused-ring (bicyclic) bond motifs is 1.